The molecule has 1 fully saturated rings. The summed E-state index contributed by atoms with van der Waals surface area (Å²) in [6, 6.07) is 14.9. The average Bonchev–Trinajstić information content (AvgIpc) is 2.55. The van der Waals surface area contributed by atoms with E-state index in [1.807, 2.05) is 11.8 Å². The fourth-order valence-electron chi connectivity index (χ4n) is 3.23. The summed E-state index contributed by atoms with van der Waals surface area (Å²) in [6.45, 7) is 6.28. The van der Waals surface area contributed by atoms with Crippen molar-refractivity contribution in [3.8, 4) is 0 Å². The maximum atomic E-state index is 12.1. The molecule has 4 heteroatoms. The van der Waals surface area contributed by atoms with E-state index in [0.717, 1.165) is 32.7 Å². The van der Waals surface area contributed by atoms with Gasteiger partial charge in [-0.1, -0.05) is 42.5 Å². The third-order valence-electron chi connectivity index (χ3n) is 4.50. The second-order valence-corrected chi connectivity index (χ2v) is 6.48. The zero-order valence-corrected chi connectivity index (χ0v) is 13.7. The molecule has 0 bridgehead atoms. The summed E-state index contributed by atoms with van der Waals surface area (Å²) in [6.07, 6.45) is 0.448. The Hall–Kier alpha value is -1.91. The van der Waals surface area contributed by atoms with E-state index in [9.17, 15) is 4.79 Å². The number of hydrogen-bond acceptors (Lipinski definition) is 3. The van der Waals surface area contributed by atoms with Crippen LogP contribution in [0.3, 0.4) is 0 Å². The van der Waals surface area contributed by atoms with Gasteiger partial charge in [0.25, 0.3) is 0 Å². The molecule has 1 heterocycles. The van der Waals surface area contributed by atoms with Crippen LogP contribution in [0.1, 0.15) is 18.9 Å². The molecule has 1 aliphatic heterocycles. The van der Waals surface area contributed by atoms with Crippen molar-refractivity contribution in [2.45, 2.75) is 25.9 Å². The number of fused-ring (bicyclic) bond motifs is 1. The van der Waals surface area contributed by atoms with Crippen LogP contribution in [0.15, 0.2) is 42.5 Å². The predicted molar refractivity (Wildman–Crippen MR) is 94.1 cm³/mol. The number of nitrogens with zero attached hydrogens (tertiary/aromatic N) is 2. The van der Waals surface area contributed by atoms with E-state index >= 15 is 0 Å². The molecule has 2 N–H and O–H groups in total. The second-order valence-electron chi connectivity index (χ2n) is 6.48. The lowest BCUT2D eigenvalue weighted by atomic mass is 10.0. The molecule has 23 heavy (non-hydrogen) atoms. The number of amides is 1. The standard InChI is InChI=1S/C19H25N3O/c1-15(20)13-19(23)22-11-9-21(10-12-22)14-17-7-4-6-16-5-2-3-8-18(16)17/h2-8,15H,9-14,20H2,1H3. The van der Waals surface area contributed by atoms with E-state index in [4.69, 9.17) is 5.73 Å². The van der Waals surface area contributed by atoms with Crippen LogP contribution in [0, 0.1) is 0 Å². The largest absolute Gasteiger partial charge is 0.340 e. The Bertz CT molecular complexity index is 670. The van der Waals surface area contributed by atoms with Crippen molar-refractivity contribution < 1.29 is 4.79 Å². The fraction of sp³-hybridized carbons (Fsp3) is 0.421. The van der Waals surface area contributed by atoms with Crippen molar-refractivity contribution in [3.63, 3.8) is 0 Å². The summed E-state index contributed by atoms with van der Waals surface area (Å²) in [7, 11) is 0. The highest BCUT2D eigenvalue weighted by Crippen LogP contribution is 2.20. The summed E-state index contributed by atoms with van der Waals surface area (Å²) in [4.78, 5) is 16.5. The molecule has 2 aromatic carbocycles. The van der Waals surface area contributed by atoms with Crippen LogP contribution in [0.4, 0.5) is 0 Å². The number of carbonyl (C=O) groups is 1. The number of carbonyl (C=O) groups excluding carboxylic acids is 1. The van der Waals surface area contributed by atoms with Crippen LogP contribution < -0.4 is 5.73 Å². The number of rotatable bonds is 4. The van der Waals surface area contributed by atoms with Gasteiger partial charge in [-0.05, 0) is 23.3 Å². The van der Waals surface area contributed by atoms with Crippen LogP contribution in [0.25, 0.3) is 10.8 Å². The van der Waals surface area contributed by atoms with E-state index in [0.29, 0.717) is 6.42 Å². The van der Waals surface area contributed by atoms with Crippen molar-refractivity contribution in [2.75, 3.05) is 26.2 Å². The maximum Gasteiger partial charge on any atom is 0.224 e. The lowest BCUT2D eigenvalue weighted by molar-refractivity contribution is -0.133. The van der Waals surface area contributed by atoms with Gasteiger partial charge in [0.15, 0.2) is 0 Å². The highest BCUT2D eigenvalue weighted by molar-refractivity contribution is 5.85. The Morgan fingerprint density at radius 2 is 1.78 bits per heavy atom. The van der Waals surface area contributed by atoms with Gasteiger partial charge in [0.1, 0.15) is 0 Å². The van der Waals surface area contributed by atoms with Gasteiger partial charge < -0.3 is 10.6 Å². The molecule has 3 rings (SSSR count). The van der Waals surface area contributed by atoms with Crippen molar-refractivity contribution in [2.24, 2.45) is 5.73 Å². The Morgan fingerprint density at radius 1 is 1.09 bits per heavy atom. The molecule has 0 aliphatic carbocycles. The van der Waals surface area contributed by atoms with Crippen LogP contribution in [-0.4, -0.2) is 47.9 Å². The van der Waals surface area contributed by atoms with E-state index in [1.165, 1.54) is 16.3 Å². The maximum absolute atomic E-state index is 12.1. The van der Waals surface area contributed by atoms with E-state index in [1.54, 1.807) is 0 Å². The summed E-state index contributed by atoms with van der Waals surface area (Å²) >= 11 is 0. The second kappa shape index (κ2) is 7.11. The number of nitrogens with two attached hydrogens (primary N) is 1. The fourth-order valence-corrected chi connectivity index (χ4v) is 3.23. The molecule has 0 saturated carbocycles. The zero-order chi connectivity index (χ0) is 16.2. The predicted octanol–water partition coefficient (Wildman–Crippen LogP) is 2.22. The summed E-state index contributed by atoms with van der Waals surface area (Å²) in [5.74, 6) is 0.185. The van der Waals surface area contributed by atoms with Crippen molar-refractivity contribution in [1.29, 1.82) is 0 Å². The van der Waals surface area contributed by atoms with Gasteiger partial charge in [-0.2, -0.15) is 0 Å². The van der Waals surface area contributed by atoms with Gasteiger partial charge in [0.2, 0.25) is 5.91 Å². The lowest BCUT2D eigenvalue weighted by Crippen LogP contribution is -2.49. The molecular weight excluding hydrogens is 286 g/mol. The molecule has 1 aliphatic rings. The van der Waals surface area contributed by atoms with Gasteiger partial charge >= 0.3 is 0 Å². The van der Waals surface area contributed by atoms with E-state index < -0.39 is 0 Å². The Morgan fingerprint density at radius 3 is 2.52 bits per heavy atom. The molecule has 122 valence electrons. The van der Waals surface area contributed by atoms with Crippen molar-refractivity contribution in [3.05, 3.63) is 48.0 Å². The molecule has 2 aromatic rings. The van der Waals surface area contributed by atoms with Gasteiger partial charge in [0.05, 0.1) is 0 Å². The first-order valence-electron chi connectivity index (χ1n) is 8.36. The zero-order valence-electron chi connectivity index (χ0n) is 13.7. The summed E-state index contributed by atoms with van der Waals surface area (Å²) in [5.41, 5.74) is 7.08. The SMILES string of the molecule is CC(N)CC(=O)N1CCN(Cc2cccc3ccccc23)CC1. The van der Waals surface area contributed by atoms with Gasteiger partial charge in [0, 0.05) is 45.2 Å². The van der Waals surface area contributed by atoms with Gasteiger partial charge in [-0.25, -0.2) is 0 Å². The van der Waals surface area contributed by atoms with Crippen LogP contribution >= 0.6 is 0 Å². The summed E-state index contributed by atoms with van der Waals surface area (Å²) < 4.78 is 0. The molecule has 4 nitrogen and oxygen atoms in total. The first-order valence-corrected chi connectivity index (χ1v) is 8.36. The van der Waals surface area contributed by atoms with Gasteiger partial charge in [-0.3, -0.25) is 9.69 Å². The first kappa shape index (κ1) is 16.0. The minimum absolute atomic E-state index is 0.0591. The Kier molecular flexibility index (Phi) is 4.94. The molecular formula is C19H25N3O. The minimum atomic E-state index is -0.0591. The molecule has 0 spiro atoms. The van der Waals surface area contributed by atoms with Gasteiger partial charge in [-0.15, -0.1) is 0 Å². The minimum Gasteiger partial charge on any atom is -0.340 e. The van der Waals surface area contributed by atoms with E-state index in [2.05, 4.69) is 47.4 Å². The van der Waals surface area contributed by atoms with Crippen LogP contribution in [0.5, 0.6) is 0 Å². The Labute approximate surface area is 137 Å². The average molecular weight is 311 g/mol. The molecule has 0 aromatic heterocycles. The lowest BCUT2D eigenvalue weighted by Gasteiger charge is -2.35. The topological polar surface area (TPSA) is 49.6 Å². The summed E-state index contributed by atoms with van der Waals surface area (Å²) in [5, 5.41) is 2.61. The highest BCUT2D eigenvalue weighted by atomic mass is 16.2. The number of benzene rings is 2. The number of hydrogen-bond donors (Lipinski definition) is 1. The Balaban J connectivity index is 1.61. The van der Waals surface area contributed by atoms with Crippen molar-refractivity contribution in [1.82, 2.24) is 9.80 Å². The molecule has 1 unspecified atom stereocenters. The quantitative estimate of drug-likeness (QED) is 0.942. The molecule has 1 atom stereocenters. The first-order chi connectivity index (χ1) is 11.1. The molecule has 0 radical (unpaired) electrons. The van der Waals surface area contributed by atoms with Crippen LogP contribution in [0.2, 0.25) is 0 Å². The van der Waals surface area contributed by atoms with Crippen molar-refractivity contribution >= 4 is 16.7 Å². The third kappa shape index (κ3) is 3.89. The highest BCUT2D eigenvalue weighted by Gasteiger charge is 2.21. The van der Waals surface area contributed by atoms with Crippen LogP contribution in [-0.2, 0) is 11.3 Å². The molecule has 1 saturated heterocycles. The third-order valence-corrected chi connectivity index (χ3v) is 4.50. The van der Waals surface area contributed by atoms with E-state index in [-0.39, 0.29) is 11.9 Å². The normalized spacial score (nSPS) is 17.4. The molecule has 1 amide bonds. The monoisotopic (exact) mass is 311 g/mol. The number of piperazine rings is 1. The smallest absolute Gasteiger partial charge is 0.224 e.